The molecule has 1 aromatic rings. The Morgan fingerprint density at radius 1 is 1.41 bits per heavy atom. The van der Waals surface area contributed by atoms with Gasteiger partial charge in [-0.05, 0) is 12.1 Å². The molecule has 1 aromatic carbocycles. The molecule has 0 spiro atoms. The highest BCUT2D eigenvalue weighted by atomic mass is 35.5. The second-order valence-corrected chi connectivity index (χ2v) is 4.21. The summed E-state index contributed by atoms with van der Waals surface area (Å²) in [4.78, 5) is 14.7. The molecule has 1 aliphatic rings. The van der Waals surface area contributed by atoms with Crippen LogP contribution in [0.2, 0.25) is 10.0 Å². The number of nitrogens with zero attached hydrogens (tertiary/aromatic N) is 1. The summed E-state index contributed by atoms with van der Waals surface area (Å²) in [5, 5.41) is 12.9. The minimum atomic E-state index is -0.986. The van der Waals surface area contributed by atoms with Crippen LogP contribution in [0.1, 0.15) is 6.92 Å². The lowest BCUT2D eigenvalue weighted by atomic mass is 10.1. The van der Waals surface area contributed by atoms with Crippen LogP contribution in [0.25, 0.3) is 0 Å². The molecular formula is C11H11Cl2NO3. The van der Waals surface area contributed by atoms with Gasteiger partial charge in [-0.1, -0.05) is 47.4 Å². The number of carboxylic acid groups (broad SMARTS) is 1. The molecule has 0 bridgehead atoms. The standard InChI is InChI=1S/C6H4Cl2.C5H7NO3/c7-5-3-1-2-4-6(5)8;1-3-2-9-6-4(3)5(7)8/h1-4H;3H,2H2,1H3,(H,7,8). The molecule has 1 aliphatic heterocycles. The van der Waals surface area contributed by atoms with E-state index in [4.69, 9.17) is 28.3 Å². The van der Waals surface area contributed by atoms with Gasteiger partial charge in [-0.25, -0.2) is 4.79 Å². The van der Waals surface area contributed by atoms with E-state index in [0.29, 0.717) is 16.7 Å². The zero-order valence-electron chi connectivity index (χ0n) is 9.06. The van der Waals surface area contributed by atoms with E-state index in [1.807, 2.05) is 12.1 Å². The van der Waals surface area contributed by atoms with Gasteiger partial charge in [0.05, 0.1) is 10.0 Å². The van der Waals surface area contributed by atoms with Crippen molar-refractivity contribution in [2.75, 3.05) is 6.61 Å². The Morgan fingerprint density at radius 2 is 1.94 bits per heavy atom. The van der Waals surface area contributed by atoms with Crippen molar-refractivity contribution in [1.29, 1.82) is 0 Å². The quantitative estimate of drug-likeness (QED) is 0.857. The molecule has 0 saturated heterocycles. The van der Waals surface area contributed by atoms with Crippen LogP contribution in [0.4, 0.5) is 0 Å². The van der Waals surface area contributed by atoms with Crippen molar-refractivity contribution in [2.45, 2.75) is 6.92 Å². The molecule has 6 heteroatoms. The second-order valence-electron chi connectivity index (χ2n) is 3.39. The summed E-state index contributed by atoms with van der Waals surface area (Å²) in [7, 11) is 0. The van der Waals surface area contributed by atoms with Crippen molar-refractivity contribution in [3.05, 3.63) is 34.3 Å². The summed E-state index contributed by atoms with van der Waals surface area (Å²) in [6, 6.07) is 7.19. The van der Waals surface area contributed by atoms with Crippen LogP contribution < -0.4 is 0 Å². The first-order chi connectivity index (χ1) is 8.02. The molecule has 0 amide bonds. The summed E-state index contributed by atoms with van der Waals surface area (Å²) < 4.78 is 0. The lowest BCUT2D eigenvalue weighted by Gasteiger charge is -1.94. The fourth-order valence-electron chi connectivity index (χ4n) is 1.08. The Bertz CT molecular complexity index is 413. The van der Waals surface area contributed by atoms with Crippen molar-refractivity contribution in [3.8, 4) is 0 Å². The molecule has 0 aliphatic carbocycles. The van der Waals surface area contributed by atoms with Crippen LogP contribution in [0.5, 0.6) is 0 Å². The van der Waals surface area contributed by atoms with Gasteiger partial charge in [-0.15, -0.1) is 0 Å². The van der Waals surface area contributed by atoms with Crippen molar-refractivity contribution < 1.29 is 14.7 Å². The molecule has 4 nitrogen and oxygen atoms in total. The SMILES string of the molecule is CC1CON=C1C(=O)O.Clc1ccccc1Cl. The van der Waals surface area contributed by atoms with Crippen LogP contribution >= 0.6 is 23.2 Å². The molecule has 0 fully saturated rings. The normalized spacial score (nSPS) is 17.6. The number of benzene rings is 1. The highest BCUT2D eigenvalue weighted by Crippen LogP contribution is 2.19. The number of carbonyl (C=O) groups is 1. The van der Waals surface area contributed by atoms with Gasteiger partial charge in [0.25, 0.3) is 0 Å². The molecule has 1 unspecified atom stereocenters. The summed E-state index contributed by atoms with van der Waals surface area (Å²) >= 11 is 11.2. The summed E-state index contributed by atoms with van der Waals surface area (Å²) in [5.74, 6) is -1.05. The lowest BCUT2D eigenvalue weighted by molar-refractivity contribution is -0.129. The maximum Gasteiger partial charge on any atom is 0.354 e. The molecule has 1 N–H and O–H groups in total. The number of hydrogen-bond donors (Lipinski definition) is 1. The van der Waals surface area contributed by atoms with Crippen LogP contribution in [0, 0.1) is 5.92 Å². The van der Waals surface area contributed by atoms with Gasteiger partial charge in [-0.2, -0.15) is 0 Å². The molecule has 0 aromatic heterocycles. The zero-order valence-corrected chi connectivity index (χ0v) is 10.6. The van der Waals surface area contributed by atoms with Gasteiger partial charge in [0.1, 0.15) is 6.61 Å². The van der Waals surface area contributed by atoms with E-state index < -0.39 is 5.97 Å². The highest BCUT2D eigenvalue weighted by molar-refractivity contribution is 6.41. The van der Waals surface area contributed by atoms with Crippen LogP contribution in [-0.4, -0.2) is 23.4 Å². The largest absolute Gasteiger partial charge is 0.477 e. The van der Waals surface area contributed by atoms with Crippen molar-refractivity contribution in [3.63, 3.8) is 0 Å². The monoisotopic (exact) mass is 275 g/mol. The van der Waals surface area contributed by atoms with Crippen molar-refractivity contribution in [2.24, 2.45) is 11.1 Å². The van der Waals surface area contributed by atoms with E-state index >= 15 is 0 Å². The molecule has 2 rings (SSSR count). The van der Waals surface area contributed by atoms with Crippen molar-refractivity contribution in [1.82, 2.24) is 0 Å². The third-order valence-electron chi connectivity index (χ3n) is 2.00. The maximum atomic E-state index is 10.2. The van der Waals surface area contributed by atoms with E-state index in [1.54, 1.807) is 19.1 Å². The Hall–Kier alpha value is -1.26. The first kappa shape index (κ1) is 13.8. The van der Waals surface area contributed by atoms with Crippen LogP contribution in [0.3, 0.4) is 0 Å². The maximum absolute atomic E-state index is 10.2. The highest BCUT2D eigenvalue weighted by Gasteiger charge is 2.24. The number of aliphatic carboxylic acids is 1. The molecule has 1 atom stereocenters. The smallest absolute Gasteiger partial charge is 0.354 e. The zero-order chi connectivity index (χ0) is 12.8. The second kappa shape index (κ2) is 6.47. The van der Waals surface area contributed by atoms with E-state index in [2.05, 4.69) is 9.99 Å². The molecule has 0 radical (unpaired) electrons. The molecule has 92 valence electrons. The predicted octanol–water partition coefficient (Wildman–Crippen LogP) is 3.09. The average Bonchev–Trinajstić information content (AvgIpc) is 2.70. The Labute approximate surface area is 109 Å². The van der Waals surface area contributed by atoms with Gasteiger partial charge in [-0.3, -0.25) is 0 Å². The topological polar surface area (TPSA) is 58.9 Å². The van der Waals surface area contributed by atoms with Gasteiger partial charge in [0.2, 0.25) is 0 Å². The first-order valence-corrected chi connectivity index (χ1v) is 5.61. The summed E-state index contributed by atoms with van der Waals surface area (Å²) in [6.45, 7) is 2.15. The number of halogens is 2. The van der Waals surface area contributed by atoms with Crippen molar-refractivity contribution >= 4 is 34.9 Å². The third-order valence-corrected chi connectivity index (χ3v) is 2.75. The van der Waals surface area contributed by atoms with E-state index in [-0.39, 0.29) is 11.6 Å². The fourth-order valence-corrected chi connectivity index (χ4v) is 1.35. The fraction of sp³-hybridized carbons (Fsp3) is 0.273. The minimum absolute atomic E-state index is 0.0671. The Morgan fingerprint density at radius 3 is 2.18 bits per heavy atom. The molecular weight excluding hydrogens is 265 g/mol. The number of carboxylic acids is 1. The van der Waals surface area contributed by atoms with Crippen LogP contribution in [0.15, 0.2) is 29.4 Å². The van der Waals surface area contributed by atoms with E-state index in [0.717, 1.165) is 0 Å². The average molecular weight is 276 g/mol. The van der Waals surface area contributed by atoms with E-state index in [1.165, 1.54) is 0 Å². The number of oxime groups is 1. The Balaban J connectivity index is 0.000000171. The lowest BCUT2D eigenvalue weighted by Crippen LogP contribution is -2.18. The van der Waals surface area contributed by atoms with Gasteiger partial charge in [0.15, 0.2) is 5.71 Å². The molecule has 17 heavy (non-hydrogen) atoms. The summed E-state index contributed by atoms with van der Waals surface area (Å²) in [6.07, 6.45) is 0. The van der Waals surface area contributed by atoms with Gasteiger partial charge < -0.3 is 9.94 Å². The third kappa shape index (κ3) is 4.24. The molecule has 0 saturated carbocycles. The van der Waals surface area contributed by atoms with E-state index in [9.17, 15) is 4.79 Å². The van der Waals surface area contributed by atoms with Gasteiger partial charge >= 0.3 is 5.97 Å². The van der Waals surface area contributed by atoms with Gasteiger partial charge in [0, 0.05) is 5.92 Å². The van der Waals surface area contributed by atoms with Crippen LogP contribution in [-0.2, 0) is 9.63 Å². The number of rotatable bonds is 1. The minimum Gasteiger partial charge on any atom is -0.477 e. The number of hydrogen-bond acceptors (Lipinski definition) is 3. The predicted molar refractivity (Wildman–Crippen MR) is 66.6 cm³/mol. The summed E-state index contributed by atoms with van der Waals surface area (Å²) in [5.41, 5.74) is 0.120. The Kier molecular flexibility index (Phi) is 5.25. The molecule has 1 heterocycles. The first-order valence-electron chi connectivity index (χ1n) is 4.85.